The molecule has 1 heterocycles. The lowest BCUT2D eigenvalue weighted by Gasteiger charge is -2.17. The maximum atomic E-state index is 13.0. The standard InChI is InChI=1S/C22H24N2O3S3/c1-15-11-18(12-21(16(15)2)30(26,27)24(3)4)22(25)23-19-7-5-6-8-20(19)29-14-17-9-10-28-13-17/h5-13H,14H2,1-4H3,(H,23,25). The van der Waals surface area contributed by atoms with E-state index in [1.807, 2.05) is 36.6 Å². The van der Waals surface area contributed by atoms with Crippen molar-refractivity contribution >= 4 is 44.7 Å². The molecule has 0 unspecified atom stereocenters. The van der Waals surface area contributed by atoms with E-state index in [4.69, 9.17) is 0 Å². The molecule has 5 nitrogen and oxygen atoms in total. The Morgan fingerprint density at radius 2 is 1.87 bits per heavy atom. The Morgan fingerprint density at radius 3 is 2.53 bits per heavy atom. The van der Waals surface area contributed by atoms with Crippen LogP contribution in [0.15, 0.2) is 63.0 Å². The normalized spacial score (nSPS) is 11.6. The zero-order valence-corrected chi connectivity index (χ0v) is 19.7. The highest BCUT2D eigenvalue weighted by Gasteiger charge is 2.23. The first kappa shape index (κ1) is 22.6. The number of thioether (sulfide) groups is 1. The van der Waals surface area contributed by atoms with Crippen molar-refractivity contribution in [2.24, 2.45) is 0 Å². The van der Waals surface area contributed by atoms with E-state index < -0.39 is 10.0 Å². The van der Waals surface area contributed by atoms with Gasteiger partial charge >= 0.3 is 0 Å². The van der Waals surface area contributed by atoms with Crippen molar-refractivity contribution in [3.05, 3.63) is 75.5 Å². The third kappa shape index (κ3) is 4.95. The third-order valence-corrected chi connectivity index (χ3v) is 8.57. The van der Waals surface area contributed by atoms with Crippen molar-refractivity contribution in [3.8, 4) is 0 Å². The molecule has 0 saturated heterocycles. The van der Waals surface area contributed by atoms with Crippen LogP contribution in [0.25, 0.3) is 0 Å². The first-order valence-corrected chi connectivity index (χ1v) is 12.6. The van der Waals surface area contributed by atoms with E-state index in [1.165, 1.54) is 25.7 Å². The van der Waals surface area contributed by atoms with Crippen LogP contribution < -0.4 is 5.32 Å². The predicted octanol–water partition coefficient (Wildman–Crippen LogP) is 5.16. The van der Waals surface area contributed by atoms with Crippen molar-refractivity contribution in [1.82, 2.24) is 4.31 Å². The monoisotopic (exact) mass is 460 g/mol. The molecule has 0 radical (unpaired) electrons. The lowest BCUT2D eigenvalue weighted by atomic mass is 10.1. The van der Waals surface area contributed by atoms with Crippen LogP contribution in [-0.4, -0.2) is 32.7 Å². The van der Waals surface area contributed by atoms with Gasteiger partial charge in [-0.15, -0.1) is 11.8 Å². The molecular weight excluding hydrogens is 436 g/mol. The highest BCUT2D eigenvalue weighted by atomic mass is 32.2. The van der Waals surface area contributed by atoms with Gasteiger partial charge in [0.15, 0.2) is 0 Å². The highest BCUT2D eigenvalue weighted by Crippen LogP contribution is 2.31. The number of para-hydroxylation sites is 1. The van der Waals surface area contributed by atoms with Gasteiger partial charge in [-0.2, -0.15) is 11.3 Å². The van der Waals surface area contributed by atoms with Gasteiger partial charge in [-0.3, -0.25) is 4.79 Å². The Labute approximate surface area is 186 Å². The maximum absolute atomic E-state index is 13.0. The van der Waals surface area contributed by atoms with Gasteiger partial charge in [0.05, 0.1) is 10.6 Å². The molecule has 0 bridgehead atoms. The maximum Gasteiger partial charge on any atom is 0.255 e. The van der Waals surface area contributed by atoms with Crippen molar-refractivity contribution in [3.63, 3.8) is 0 Å². The summed E-state index contributed by atoms with van der Waals surface area (Å²) < 4.78 is 26.5. The van der Waals surface area contributed by atoms with Crippen LogP contribution in [-0.2, 0) is 15.8 Å². The molecule has 3 rings (SSSR count). The topological polar surface area (TPSA) is 66.5 Å². The minimum atomic E-state index is -3.65. The summed E-state index contributed by atoms with van der Waals surface area (Å²) in [5, 5.41) is 7.10. The average molecular weight is 461 g/mol. The van der Waals surface area contributed by atoms with Crippen LogP contribution in [0.4, 0.5) is 5.69 Å². The van der Waals surface area contributed by atoms with E-state index in [0.29, 0.717) is 16.8 Å². The summed E-state index contributed by atoms with van der Waals surface area (Å²) in [4.78, 5) is 14.1. The van der Waals surface area contributed by atoms with Gasteiger partial charge < -0.3 is 5.32 Å². The van der Waals surface area contributed by atoms with Gasteiger partial charge in [-0.25, -0.2) is 12.7 Å². The largest absolute Gasteiger partial charge is 0.321 e. The third-order valence-electron chi connectivity index (χ3n) is 4.75. The van der Waals surface area contributed by atoms with E-state index in [0.717, 1.165) is 20.5 Å². The molecule has 0 aliphatic carbocycles. The summed E-state index contributed by atoms with van der Waals surface area (Å²) in [6.45, 7) is 3.56. The fraction of sp³-hybridized carbons (Fsp3) is 0.227. The number of amides is 1. The van der Waals surface area contributed by atoms with Gasteiger partial charge in [-0.1, -0.05) is 12.1 Å². The first-order valence-electron chi connectivity index (χ1n) is 9.28. The SMILES string of the molecule is Cc1cc(C(=O)Nc2ccccc2SCc2ccsc2)cc(S(=O)(=O)N(C)C)c1C. The number of thiophene rings is 1. The quantitative estimate of drug-likeness (QED) is 0.495. The van der Waals surface area contributed by atoms with Gasteiger partial charge in [0.1, 0.15) is 0 Å². The fourth-order valence-corrected chi connectivity index (χ4v) is 5.79. The van der Waals surface area contributed by atoms with Gasteiger partial charge in [0.2, 0.25) is 10.0 Å². The number of anilines is 1. The van der Waals surface area contributed by atoms with E-state index in [2.05, 4.69) is 16.8 Å². The number of sulfonamides is 1. The summed E-state index contributed by atoms with van der Waals surface area (Å²) in [7, 11) is -0.683. The van der Waals surface area contributed by atoms with E-state index in [9.17, 15) is 13.2 Å². The molecular formula is C22H24N2O3S3. The smallest absolute Gasteiger partial charge is 0.255 e. The Bertz CT molecular complexity index is 1150. The fourth-order valence-electron chi connectivity index (χ4n) is 2.85. The second-order valence-corrected chi connectivity index (χ2v) is 11.0. The molecule has 0 fully saturated rings. The molecule has 1 amide bonds. The summed E-state index contributed by atoms with van der Waals surface area (Å²) in [5.74, 6) is 0.475. The second kappa shape index (κ2) is 9.34. The van der Waals surface area contributed by atoms with Crippen LogP contribution in [0.3, 0.4) is 0 Å². The molecule has 0 saturated carbocycles. The molecule has 1 N–H and O–H groups in total. The van der Waals surface area contributed by atoms with Crippen LogP contribution in [0, 0.1) is 13.8 Å². The van der Waals surface area contributed by atoms with Crippen molar-refractivity contribution in [1.29, 1.82) is 0 Å². The Balaban J connectivity index is 1.87. The number of hydrogen-bond donors (Lipinski definition) is 1. The zero-order chi connectivity index (χ0) is 21.9. The Morgan fingerprint density at radius 1 is 1.13 bits per heavy atom. The molecule has 158 valence electrons. The van der Waals surface area contributed by atoms with E-state index >= 15 is 0 Å². The van der Waals surface area contributed by atoms with E-state index in [1.54, 1.807) is 36.1 Å². The summed E-state index contributed by atoms with van der Waals surface area (Å²) >= 11 is 3.31. The number of carbonyl (C=O) groups excluding carboxylic acids is 1. The molecule has 0 spiro atoms. The molecule has 0 atom stereocenters. The number of carbonyl (C=O) groups is 1. The molecule has 3 aromatic rings. The number of aryl methyl sites for hydroxylation is 1. The summed E-state index contributed by atoms with van der Waals surface area (Å²) in [6.07, 6.45) is 0. The second-order valence-electron chi connectivity index (χ2n) is 7.07. The molecule has 1 aromatic heterocycles. The number of nitrogens with one attached hydrogen (secondary N) is 1. The highest BCUT2D eigenvalue weighted by molar-refractivity contribution is 7.98. The Hall–Kier alpha value is -2.13. The van der Waals surface area contributed by atoms with Crippen molar-refractivity contribution < 1.29 is 13.2 Å². The molecule has 2 aromatic carbocycles. The predicted molar refractivity (Wildman–Crippen MR) is 125 cm³/mol. The van der Waals surface area contributed by atoms with Gasteiger partial charge in [0.25, 0.3) is 5.91 Å². The number of hydrogen-bond acceptors (Lipinski definition) is 5. The first-order chi connectivity index (χ1) is 14.2. The lowest BCUT2D eigenvalue weighted by Crippen LogP contribution is -2.24. The van der Waals surface area contributed by atoms with Crippen LogP contribution in [0.2, 0.25) is 0 Å². The number of benzene rings is 2. The average Bonchev–Trinajstić information content (AvgIpc) is 3.22. The van der Waals surface area contributed by atoms with Crippen LogP contribution in [0.5, 0.6) is 0 Å². The molecule has 8 heteroatoms. The Kier molecular flexibility index (Phi) is 7.02. The lowest BCUT2D eigenvalue weighted by molar-refractivity contribution is 0.102. The van der Waals surface area contributed by atoms with Gasteiger partial charge in [0, 0.05) is 30.3 Å². The van der Waals surface area contributed by atoms with Crippen molar-refractivity contribution in [2.45, 2.75) is 29.4 Å². The zero-order valence-electron chi connectivity index (χ0n) is 17.3. The number of nitrogens with zero attached hydrogens (tertiary/aromatic N) is 1. The van der Waals surface area contributed by atoms with Crippen LogP contribution in [0.1, 0.15) is 27.0 Å². The van der Waals surface area contributed by atoms with Crippen molar-refractivity contribution in [2.75, 3.05) is 19.4 Å². The minimum Gasteiger partial charge on any atom is -0.321 e. The minimum absolute atomic E-state index is 0.151. The van der Waals surface area contributed by atoms with E-state index in [-0.39, 0.29) is 10.8 Å². The molecule has 0 aliphatic heterocycles. The van der Waals surface area contributed by atoms with Gasteiger partial charge in [-0.05, 0) is 71.6 Å². The summed E-state index contributed by atoms with van der Waals surface area (Å²) in [6, 6.07) is 12.9. The molecule has 0 aliphatic rings. The van der Waals surface area contributed by atoms with Crippen LogP contribution >= 0.6 is 23.1 Å². The number of rotatable bonds is 7. The summed E-state index contributed by atoms with van der Waals surface area (Å²) in [5.41, 5.74) is 3.66. The molecule has 30 heavy (non-hydrogen) atoms.